The van der Waals surface area contributed by atoms with Gasteiger partial charge in [0.05, 0.1) is 19.4 Å². The summed E-state index contributed by atoms with van der Waals surface area (Å²) in [6, 6.07) is 3.93. The van der Waals surface area contributed by atoms with Crippen LogP contribution in [-0.2, 0) is 11.3 Å². The van der Waals surface area contributed by atoms with Gasteiger partial charge in [-0.2, -0.15) is 0 Å². The highest BCUT2D eigenvalue weighted by atomic mass is 16.3. The lowest BCUT2D eigenvalue weighted by Crippen LogP contribution is -2.53. The summed E-state index contributed by atoms with van der Waals surface area (Å²) in [5.74, 6) is 1.29. The zero-order valence-electron chi connectivity index (χ0n) is 9.95. The smallest absolute Gasteiger partial charge is 0.183 e. The Morgan fingerprint density at radius 2 is 2.12 bits per heavy atom. The largest absolute Gasteiger partial charge is 0.463 e. The second-order valence-electron chi connectivity index (χ2n) is 4.95. The number of carbonyl (C=O) groups is 1. The van der Waals surface area contributed by atoms with Gasteiger partial charge >= 0.3 is 0 Å². The van der Waals surface area contributed by atoms with Crippen molar-refractivity contribution in [3.63, 3.8) is 0 Å². The first kappa shape index (κ1) is 11.4. The minimum Gasteiger partial charge on any atom is -0.463 e. The van der Waals surface area contributed by atoms with Gasteiger partial charge in [-0.25, -0.2) is 0 Å². The average Bonchev–Trinajstić information content (AvgIpc) is 2.70. The minimum atomic E-state index is 0.286. The number of hydrogen-bond acceptors (Lipinski definition) is 2. The van der Waals surface area contributed by atoms with Crippen LogP contribution in [0.4, 0.5) is 0 Å². The maximum absolute atomic E-state index is 11.4. The monoisotopic (exact) mass is 222 g/mol. The van der Waals surface area contributed by atoms with Gasteiger partial charge in [-0.3, -0.25) is 4.79 Å². The van der Waals surface area contributed by atoms with Gasteiger partial charge in [-0.15, -0.1) is 0 Å². The van der Waals surface area contributed by atoms with Gasteiger partial charge in [0.25, 0.3) is 0 Å². The Morgan fingerprint density at radius 3 is 2.69 bits per heavy atom. The van der Waals surface area contributed by atoms with Gasteiger partial charge in [-0.05, 0) is 31.4 Å². The predicted molar refractivity (Wildman–Crippen MR) is 61.8 cm³/mol. The summed E-state index contributed by atoms with van der Waals surface area (Å²) in [4.78, 5) is 11.4. The normalized spacial score (nSPS) is 19.6. The Morgan fingerprint density at radius 1 is 1.38 bits per heavy atom. The molecule has 3 heteroatoms. The number of piperidine rings is 1. The van der Waals surface area contributed by atoms with Crippen LogP contribution in [0.5, 0.6) is 0 Å². The van der Waals surface area contributed by atoms with E-state index in [-0.39, 0.29) is 5.78 Å². The number of likely N-dealkylation sites (tertiary alicyclic amines) is 1. The van der Waals surface area contributed by atoms with Crippen molar-refractivity contribution in [2.75, 3.05) is 19.6 Å². The number of quaternary nitrogens is 1. The second kappa shape index (κ2) is 4.83. The molecule has 1 fully saturated rings. The van der Waals surface area contributed by atoms with Crippen molar-refractivity contribution in [1.29, 1.82) is 0 Å². The van der Waals surface area contributed by atoms with Crippen LogP contribution in [0.2, 0.25) is 0 Å². The number of rotatable bonds is 4. The molecule has 3 nitrogen and oxygen atoms in total. The molecule has 0 unspecified atom stereocenters. The maximum Gasteiger partial charge on any atom is 0.183 e. The molecule has 2 rings (SSSR count). The molecule has 1 aliphatic heterocycles. The highest BCUT2D eigenvalue weighted by Gasteiger charge is 2.32. The van der Waals surface area contributed by atoms with Crippen molar-refractivity contribution in [2.24, 2.45) is 0 Å². The highest BCUT2D eigenvalue weighted by Crippen LogP contribution is 2.22. The van der Waals surface area contributed by atoms with Crippen molar-refractivity contribution in [1.82, 2.24) is 0 Å². The average molecular weight is 222 g/mol. The van der Waals surface area contributed by atoms with E-state index in [1.807, 2.05) is 12.1 Å². The molecule has 1 aromatic heterocycles. The summed E-state index contributed by atoms with van der Waals surface area (Å²) >= 11 is 0. The second-order valence-corrected chi connectivity index (χ2v) is 4.95. The molecule has 0 amide bonds. The summed E-state index contributed by atoms with van der Waals surface area (Å²) in [6.45, 7) is 5.44. The Hall–Kier alpha value is -1.09. The van der Waals surface area contributed by atoms with E-state index in [0.717, 1.165) is 29.9 Å². The van der Waals surface area contributed by atoms with Crippen molar-refractivity contribution in [3.8, 4) is 0 Å². The molecule has 88 valence electrons. The van der Waals surface area contributed by atoms with Gasteiger partial charge in [0.1, 0.15) is 13.1 Å². The number of nitrogens with zero attached hydrogens (tertiary/aromatic N) is 1. The van der Waals surface area contributed by atoms with Crippen LogP contribution >= 0.6 is 0 Å². The molecular formula is C13H20NO2+. The molecule has 1 aliphatic rings. The summed E-state index contributed by atoms with van der Waals surface area (Å²) in [6.07, 6.45) is 5.47. The Bertz CT molecular complexity index is 337. The Balaban J connectivity index is 2.09. The lowest BCUT2D eigenvalue weighted by molar-refractivity contribution is -0.938. The van der Waals surface area contributed by atoms with Gasteiger partial charge in [0.2, 0.25) is 0 Å². The van der Waals surface area contributed by atoms with E-state index >= 15 is 0 Å². The molecule has 16 heavy (non-hydrogen) atoms. The van der Waals surface area contributed by atoms with Crippen LogP contribution in [0.25, 0.3) is 0 Å². The quantitative estimate of drug-likeness (QED) is 0.732. The van der Waals surface area contributed by atoms with Gasteiger partial charge in [0.15, 0.2) is 11.5 Å². The van der Waals surface area contributed by atoms with Crippen molar-refractivity contribution >= 4 is 5.78 Å². The van der Waals surface area contributed by atoms with E-state index in [0.29, 0.717) is 6.54 Å². The molecule has 1 aromatic rings. The zero-order chi connectivity index (χ0) is 11.4. The van der Waals surface area contributed by atoms with Crippen LogP contribution in [-0.4, -0.2) is 29.9 Å². The van der Waals surface area contributed by atoms with Gasteiger partial charge in [0, 0.05) is 6.92 Å². The number of ketones is 1. The standard InChI is InChI=1S/C13H20NO2/c1-12(15)10-14(7-3-2-4-8-14)11-13-6-5-9-16-13/h5-6,9H,2-4,7-8,10-11H2,1H3/q+1. The van der Waals surface area contributed by atoms with E-state index in [1.165, 1.54) is 19.3 Å². The van der Waals surface area contributed by atoms with Crippen LogP contribution in [0.15, 0.2) is 22.8 Å². The summed E-state index contributed by atoms with van der Waals surface area (Å²) in [5.41, 5.74) is 0. The number of furan rings is 1. The molecule has 0 N–H and O–H groups in total. The molecule has 2 heterocycles. The molecule has 0 aliphatic carbocycles. The Labute approximate surface area is 96.6 Å². The SMILES string of the molecule is CC(=O)C[N+]1(Cc2ccco2)CCCCC1. The van der Waals surface area contributed by atoms with E-state index < -0.39 is 0 Å². The highest BCUT2D eigenvalue weighted by molar-refractivity contribution is 5.76. The van der Waals surface area contributed by atoms with E-state index in [9.17, 15) is 4.79 Å². The van der Waals surface area contributed by atoms with Crippen LogP contribution < -0.4 is 0 Å². The third kappa shape index (κ3) is 2.73. The van der Waals surface area contributed by atoms with Crippen molar-refractivity contribution < 1.29 is 13.7 Å². The third-order valence-electron chi connectivity index (χ3n) is 3.39. The molecular weight excluding hydrogens is 202 g/mol. The molecule has 0 atom stereocenters. The predicted octanol–water partition coefficient (Wildman–Crippen LogP) is 2.37. The first-order valence-electron chi connectivity index (χ1n) is 6.07. The third-order valence-corrected chi connectivity index (χ3v) is 3.39. The summed E-state index contributed by atoms with van der Waals surface area (Å²) < 4.78 is 6.31. The maximum atomic E-state index is 11.4. The Kier molecular flexibility index (Phi) is 3.44. The van der Waals surface area contributed by atoms with Gasteiger partial charge in [-0.1, -0.05) is 0 Å². The molecule has 1 saturated heterocycles. The lowest BCUT2D eigenvalue weighted by Gasteiger charge is -2.40. The first-order valence-corrected chi connectivity index (χ1v) is 6.07. The number of carbonyl (C=O) groups excluding carboxylic acids is 1. The fourth-order valence-corrected chi connectivity index (χ4v) is 2.76. The molecule has 0 saturated carbocycles. The molecule has 0 bridgehead atoms. The van der Waals surface area contributed by atoms with Crippen LogP contribution in [0.1, 0.15) is 31.9 Å². The molecule has 0 spiro atoms. The number of hydrogen-bond donors (Lipinski definition) is 0. The molecule has 0 radical (unpaired) electrons. The van der Waals surface area contributed by atoms with E-state index in [4.69, 9.17) is 4.42 Å². The van der Waals surface area contributed by atoms with Crippen molar-refractivity contribution in [3.05, 3.63) is 24.2 Å². The summed E-state index contributed by atoms with van der Waals surface area (Å²) in [5, 5.41) is 0. The van der Waals surface area contributed by atoms with Crippen LogP contribution in [0, 0.1) is 0 Å². The van der Waals surface area contributed by atoms with Crippen molar-refractivity contribution in [2.45, 2.75) is 32.7 Å². The zero-order valence-corrected chi connectivity index (χ0v) is 9.95. The fraction of sp³-hybridized carbons (Fsp3) is 0.615. The van der Waals surface area contributed by atoms with E-state index in [1.54, 1.807) is 13.2 Å². The van der Waals surface area contributed by atoms with Crippen LogP contribution in [0.3, 0.4) is 0 Å². The van der Waals surface area contributed by atoms with E-state index in [2.05, 4.69) is 0 Å². The molecule has 0 aromatic carbocycles. The van der Waals surface area contributed by atoms with Gasteiger partial charge < -0.3 is 8.90 Å². The topological polar surface area (TPSA) is 30.2 Å². The minimum absolute atomic E-state index is 0.286. The fourth-order valence-electron chi connectivity index (χ4n) is 2.76. The number of Topliss-reactive ketones (excluding diaryl/α,β-unsaturated/α-hetero) is 1. The lowest BCUT2D eigenvalue weighted by atomic mass is 10.1. The first-order chi connectivity index (χ1) is 7.70. The summed E-state index contributed by atoms with van der Waals surface area (Å²) in [7, 11) is 0.